The Morgan fingerprint density at radius 2 is 2.00 bits per heavy atom. The van der Waals surface area contributed by atoms with Crippen molar-refractivity contribution < 1.29 is 14.2 Å². The van der Waals surface area contributed by atoms with Gasteiger partial charge < -0.3 is 24.4 Å². The predicted molar refractivity (Wildman–Crippen MR) is 112 cm³/mol. The molecule has 1 fully saturated rings. The highest BCUT2D eigenvalue weighted by molar-refractivity contribution is 7.80. The minimum absolute atomic E-state index is 0.192. The third-order valence-corrected chi connectivity index (χ3v) is 4.97. The topological polar surface area (TPSA) is 43.0 Å². The molecule has 3 rings (SSSR count). The lowest BCUT2D eigenvalue weighted by atomic mass is 10.1. The van der Waals surface area contributed by atoms with Gasteiger partial charge in [-0.2, -0.15) is 0 Å². The summed E-state index contributed by atoms with van der Waals surface area (Å²) in [6, 6.07) is 15.8. The fourth-order valence-electron chi connectivity index (χ4n) is 3.19. The fourth-order valence-corrected chi connectivity index (χ4v) is 3.45. The van der Waals surface area contributed by atoms with Crippen molar-refractivity contribution in [2.75, 3.05) is 32.7 Å². The summed E-state index contributed by atoms with van der Waals surface area (Å²) in [5, 5.41) is 4.00. The van der Waals surface area contributed by atoms with E-state index in [2.05, 4.69) is 10.2 Å². The molecule has 1 aliphatic rings. The summed E-state index contributed by atoms with van der Waals surface area (Å²) in [5.74, 6) is 1.61. The third-order valence-electron chi connectivity index (χ3n) is 4.61. The van der Waals surface area contributed by atoms with Gasteiger partial charge in [-0.1, -0.05) is 18.2 Å². The SMILES string of the molecule is COc1ccc(OC)c(CN(C[C@H]2CCCO2)C(=S)Nc2ccccc2)c1. The summed E-state index contributed by atoms with van der Waals surface area (Å²) in [5.41, 5.74) is 1.99. The molecule has 2 aromatic rings. The Balaban J connectivity index is 1.79. The van der Waals surface area contributed by atoms with Crippen LogP contribution in [-0.4, -0.2) is 43.5 Å². The Bertz CT molecular complexity index is 748. The molecule has 0 amide bonds. The highest BCUT2D eigenvalue weighted by Gasteiger charge is 2.22. The second-order valence-electron chi connectivity index (χ2n) is 6.49. The Morgan fingerprint density at radius 1 is 1.19 bits per heavy atom. The van der Waals surface area contributed by atoms with Crippen molar-refractivity contribution >= 4 is 23.0 Å². The molecular weight excluding hydrogens is 360 g/mol. The van der Waals surface area contributed by atoms with Crippen LogP contribution in [0.2, 0.25) is 0 Å². The van der Waals surface area contributed by atoms with E-state index in [4.69, 9.17) is 26.4 Å². The van der Waals surface area contributed by atoms with Crippen molar-refractivity contribution in [3.8, 4) is 11.5 Å². The van der Waals surface area contributed by atoms with Crippen LogP contribution in [0.25, 0.3) is 0 Å². The smallest absolute Gasteiger partial charge is 0.173 e. The van der Waals surface area contributed by atoms with Crippen molar-refractivity contribution in [3.05, 3.63) is 54.1 Å². The van der Waals surface area contributed by atoms with Gasteiger partial charge >= 0.3 is 0 Å². The monoisotopic (exact) mass is 386 g/mol. The van der Waals surface area contributed by atoms with Crippen LogP contribution in [0.5, 0.6) is 11.5 Å². The molecule has 1 atom stereocenters. The van der Waals surface area contributed by atoms with Crippen LogP contribution < -0.4 is 14.8 Å². The van der Waals surface area contributed by atoms with E-state index in [1.807, 2.05) is 48.5 Å². The van der Waals surface area contributed by atoms with Crippen LogP contribution in [0.1, 0.15) is 18.4 Å². The normalized spacial score (nSPS) is 16.0. The average molecular weight is 387 g/mol. The van der Waals surface area contributed by atoms with Crippen LogP contribution in [-0.2, 0) is 11.3 Å². The number of para-hydroxylation sites is 1. The number of ether oxygens (including phenoxy) is 3. The summed E-state index contributed by atoms with van der Waals surface area (Å²) in [7, 11) is 3.34. The summed E-state index contributed by atoms with van der Waals surface area (Å²) in [6.07, 6.45) is 2.34. The van der Waals surface area contributed by atoms with E-state index in [9.17, 15) is 0 Å². The number of anilines is 1. The molecule has 2 aromatic carbocycles. The van der Waals surface area contributed by atoms with Crippen LogP contribution in [0.4, 0.5) is 5.69 Å². The zero-order valence-corrected chi connectivity index (χ0v) is 16.6. The lowest BCUT2D eigenvalue weighted by molar-refractivity contribution is 0.0903. The number of methoxy groups -OCH3 is 2. The van der Waals surface area contributed by atoms with Gasteiger partial charge in [-0.15, -0.1) is 0 Å². The summed E-state index contributed by atoms with van der Waals surface area (Å²) >= 11 is 5.72. The zero-order chi connectivity index (χ0) is 19.1. The molecule has 1 aliphatic heterocycles. The minimum atomic E-state index is 0.192. The van der Waals surface area contributed by atoms with Gasteiger partial charge in [-0.05, 0) is 55.4 Å². The van der Waals surface area contributed by atoms with Crippen molar-refractivity contribution in [2.45, 2.75) is 25.5 Å². The van der Waals surface area contributed by atoms with Gasteiger partial charge in [0, 0.05) is 30.9 Å². The first kappa shape index (κ1) is 19.5. The van der Waals surface area contributed by atoms with Gasteiger partial charge in [0.1, 0.15) is 11.5 Å². The molecule has 1 saturated heterocycles. The molecule has 0 unspecified atom stereocenters. The number of thiocarbonyl (C=S) groups is 1. The Labute approximate surface area is 166 Å². The molecule has 0 aromatic heterocycles. The number of benzene rings is 2. The van der Waals surface area contributed by atoms with Gasteiger partial charge in [0.15, 0.2) is 5.11 Å². The minimum Gasteiger partial charge on any atom is -0.497 e. The van der Waals surface area contributed by atoms with E-state index in [0.29, 0.717) is 11.7 Å². The van der Waals surface area contributed by atoms with Crippen molar-refractivity contribution in [2.24, 2.45) is 0 Å². The first-order chi connectivity index (χ1) is 13.2. The molecule has 144 valence electrons. The molecule has 1 heterocycles. The fraction of sp³-hybridized carbons (Fsp3) is 0.381. The molecule has 0 spiro atoms. The lowest BCUT2D eigenvalue weighted by Gasteiger charge is -2.29. The molecule has 0 radical (unpaired) electrons. The number of nitrogens with zero attached hydrogens (tertiary/aromatic N) is 1. The summed E-state index contributed by atoms with van der Waals surface area (Å²) in [4.78, 5) is 2.13. The Kier molecular flexibility index (Phi) is 6.90. The Hall–Kier alpha value is -2.31. The van der Waals surface area contributed by atoms with Gasteiger partial charge in [0.25, 0.3) is 0 Å². The molecular formula is C21H26N2O3S. The zero-order valence-electron chi connectivity index (χ0n) is 15.8. The van der Waals surface area contributed by atoms with Gasteiger partial charge in [0.05, 0.1) is 20.3 Å². The van der Waals surface area contributed by atoms with Crippen molar-refractivity contribution in [1.82, 2.24) is 4.90 Å². The number of hydrogen-bond acceptors (Lipinski definition) is 4. The summed E-state index contributed by atoms with van der Waals surface area (Å²) in [6.45, 7) is 2.16. The van der Waals surface area contributed by atoms with Gasteiger partial charge in [0.2, 0.25) is 0 Å². The van der Waals surface area contributed by atoms with E-state index in [0.717, 1.165) is 48.7 Å². The first-order valence-electron chi connectivity index (χ1n) is 9.13. The maximum absolute atomic E-state index is 5.84. The Morgan fingerprint density at radius 3 is 2.67 bits per heavy atom. The maximum Gasteiger partial charge on any atom is 0.173 e. The molecule has 0 bridgehead atoms. The summed E-state index contributed by atoms with van der Waals surface area (Å²) < 4.78 is 16.8. The highest BCUT2D eigenvalue weighted by Crippen LogP contribution is 2.26. The second-order valence-corrected chi connectivity index (χ2v) is 6.88. The van der Waals surface area contributed by atoms with E-state index in [1.54, 1.807) is 14.2 Å². The number of rotatable bonds is 7. The predicted octanol–water partition coefficient (Wildman–Crippen LogP) is 4.08. The van der Waals surface area contributed by atoms with Gasteiger partial charge in [-0.3, -0.25) is 0 Å². The van der Waals surface area contributed by atoms with E-state index >= 15 is 0 Å². The molecule has 0 saturated carbocycles. The quantitative estimate of drug-likeness (QED) is 0.723. The van der Waals surface area contributed by atoms with Gasteiger partial charge in [-0.25, -0.2) is 0 Å². The lowest BCUT2D eigenvalue weighted by Crippen LogP contribution is -2.39. The van der Waals surface area contributed by atoms with Crippen LogP contribution in [0.3, 0.4) is 0 Å². The van der Waals surface area contributed by atoms with E-state index in [1.165, 1.54) is 0 Å². The number of hydrogen-bond donors (Lipinski definition) is 1. The molecule has 27 heavy (non-hydrogen) atoms. The van der Waals surface area contributed by atoms with E-state index in [-0.39, 0.29) is 6.10 Å². The van der Waals surface area contributed by atoms with E-state index < -0.39 is 0 Å². The van der Waals surface area contributed by atoms with Crippen LogP contribution in [0.15, 0.2) is 48.5 Å². The average Bonchev–Trinajstić information content (AvgIpc) is 3.21. The molecule has 1 N–H and O–H groups in total. The number of nitrogens with one attached hydrogen (secondary N) is 1. The largest absolute Gasteiger partial charge is 0.497 e. The first-order valence-corrected chi connectivity index (χ1v) is 9.54. The van der Waals surface area contributed by atoms with Crippen molar-refractivity contribution in [3.63, 3.8) is 0 Å². The highest BCUT2D eigenvalue weighted by atomic mass is 32.1. The molecule has 0 aliphatic carbocycles. The van der Waals surface area contributed by atoms with Crippen LogP contribution >= 0.6 is 12.2 Å². The standard InChI is InChI=1S/C21H26N2O3S/c1-24-18-10-11-20(25-2)16(13-18)14-23(15-19-9-6-12-26-19)21(27)22-17-7-4-3-5-8-17/h3-5,7-8,10-11,13,19H,6,9,12,14-15H2,1-2H3,(H,22,27)/t19-/m1/s1. The second kappa shape index (κ2) is 9.58. The molecule has 5 nitrogen and oxygen atoms in total. The van der Waals surface area contributed by atoms with Crippen LogP contribution in [0, 0.1) is 0 Å². The molecule has 6 heteroatoms. The third kappa shape index (κ3) is 5.34. The van der Waals surface area contributed by atoms with Crippen molar-refractivity contribution in [1.29, 1.82) is 0 Å². The maximum atomic E-state index is 5.84.